The van der Waals surface area contributed by atoms with Gasteiger partial charge in [0.15, 0.2) is 6.61 Å². The second-order valence-corrected chi connectivity index (χ2v) is 3.50. The lowest BCUT2D eigenvalue weighted by atomic mass is 10.1. The van der Waals surface area contributed by atoms with E-state index in [1.165, 1.54) is 6.40 Å². The van der Waals surface area contributed by atoms with Gasteiger partial charge >= 0.3 is 6.40 Å². The number of hydrogen-bond acceptors (Lipinski definition) is 3. The minimum atomic E-state index is -0.101. The molecule has 0 N–H and O–H groups in total. The number of ketones is 1. The van der Waals surface area contributed by atoms with Gasteiger partial charge in [-0.05, 0) is 12.1 Å². The van der Waals surface area contributed by atoms with E-state index in [0.29, 0.717) is 11.3 Å². The zero-order valence-corrected chi connectivity index (χ0v) is 9.77. The summed E-state index contributed by atoms with van der Waals surface area (Å²) in [5.74, 6) is 0.469. The van der Waals surface area contributed by atoms with E-state index in [2.05, 4.69) is 0 Å². The summed E-state index contributed by atoms with van der Waals surface area (Å²) >= 11 is 0. The first-order valence-electron chi connectivity index (χ1n) is 4.92. The molecule has 0 amide bonds. The number of rotatable bonds is 5. The highest BCUT2D eigenvalue weighted by molar-refractivity contribution is 5.99. The second kappa shape index (κ2) is 5.90. The molecule has 4 heteroatoms. The van der Waals surface area contributed by atoms with Crippen molar-refractivity contribution >= 4 is 12.2 Å². The number of hydrogen-bond donors (Lipinski definition) is 0. The predicted molar refractivity (Wildman–Crippen MR) is 61.4 cm³/mol. The number of Topliss-reactive ketones (excluding diaryl/α,β-unsaturated/α-hetero) is 1. The second-order valence-electron chi connectivity index (χ2n) is 3.50. The lowest BCUT2D eigenvalue weighted by molar-refractivity contribution is -0.468. The van der Waals surface area contributed by atoms with Gasteiger partial charge in [0.1, 0.15) is 19.8 Å². The van der Waals surface area contributed by atoms with E-state index in [4.69, 9.17) is 9.47 Å². The van der Waals surface area contributed by atoms with E-state index in [1.54, 1.807) is 29.9 Å². The van der Waals surface area contributed by atoms with Crippen LogP contribution in [0.1, 0.15) is 10.4 Å². The van der Waals surface area contributed by atoms with Gasteiger partial charge in [0.25, 0.3) is 0 Å². The maximum absolute atomic E-state index is 11.8. The molecular weight excluding hydrogens is 206 g/mol. The third-order valence-corrected chi connectivity index (χ3v) is 1.91. The highest BCUT2D eigenvalue weighted by Gasteiger charge is 2.11. The van der Waals surface area contributed by atoms with E-state index >= 15 is 0 Å². The first-order valence-corrected chi connectivity index (χ1v) is 4.92. The van der Waals surface area contributed by atoms with Gasteiger partial charge in [-0.1, -0.05) is 12.1 Å². The van der Waals surface area contributed by atoms with Gasteiger partial charge in [0.05, 0.1) is 12.7 Å². The monoisotopic (exact) mass is 222 g/mol. The van der Waals surface area contributed by atoms with E-state index in [9.17, 15) is 4.79 Å². The molecule has 0 saturated heterocycles. The van der Waals surface area contributed by atoms with Gasteiger partial charge in [0, 0.05) is 0 Å². The van der Waals surface area contributed by atoms with E-state index in [1.807, 2.05) is 20.2 Å². The molecule has 16 heavy (non-hydrogen) atoms. The summed E-state index contributed by atoms with van der Waals surface area (Å²) in [5, 5.41) is 0. The van der Waals surface area contributed by atoms with Gasteiger partial charge in [-0.15, -0.1) is 0 Å². The molecule has 4 nitrogen and oxygen atoms in total. The van der Waals surface area contributed by atoms with Crippen LogP contribution in [0.4, 0.5) is 0 Å². The Kier molecular flexibility index (Phi) is 4.51. The van der Waals surface area contributed by atoms with Gasteiger partial charge in [0.2, 0.25) is 5.78 Å². The van der Waals surface area contributed by atoms with Crippen molar-refractivity contribution in [1.29, 1.82) is 0 Å². The minimum Gasteiger partial charge on any atom is -0.496 e. The standard InChI is InChI=1S/C12H16NO3/c1-13(2)9-16-8-11(14)10-6-4-5-7-12(10)15-3/h4-7,9H,8H2,1-3H3/q+1. The molecule has 86 valence electrons. The van der Waals surface area contributed by atoms with Crippen molar-refractivity contribution in [2.24, 2.45) is 0 Å². The molecule has 0 heterocycles. The Morgan fingerprint density at radius 1 is 1.38 bits per heavy atom. The summed E-state index contributed by atoms with van der Waals surface area (Å²) < 4.78 is 11.9. The zero-order valence-electron chi connectivity index (χ0n) is 9.77. The highest BCUT2D eigenvalue weighted by atomic mass is 16.5. The maximum Gasteiger partial charge on any atom is 0.323 e. The average Bonchev–Trinajstić information content (AvgIpc) is 2.28. The van der Waals surface area contributed by atoms with Crippen molar-refractivity contribution in [3.05, 3.63) is 29.8 Å². The molecule has 1 aromatic rings. The Hall–Kier alpha value is -1.84. The Balaban J connectivity index is 2.69. The van der Waals surface area contributed by atoms with Crippen molar-refractivity contribution in [3.63, 3.8) is 0 Å². The fourth-order valence-electron chi connectivity index (χ4n) is 1.21. The molecule has 0 atom stereocenters. The van der Waals surface area contributed by atoms with E-state index in [-0.39, 0.29) is 12.4 Å². The molecule has 1 rings (SSSR count). The smallest absolute Gasteiger partial charge is 0.323 e. The molecule has 1 aromatic carbocycles. The molecule has 0 unspecified atom stereocenters. The molecule has 0 aromatic heterocycles. The number of benzene rings is 1. The fraction of sp³-hybridized carbons (Fsp3) is 0.333. The number of ether oxygens (including phenoxy) is 2. The third kappa shape index (κ3) is 3.38. The SMILES string of the molecule is COc1ccccc1C(=O)COC=[N+](C)C. The molecule has 0 aliphatic rings. The van der Waals surface area contributed by atoms with Crippen molar-refractivity contribution < 1.29 is 18.8 Å². The third-order valence-electron chi connectivity index (χ3n) is 1.91. The van der Waals surface area contributed by atoms with Crippen LogP contribution in [0.3, 0.4) is 0 Å². The highest BCUT2D eigenvalue weighted by Crippen LogP contribution is 2.17. The van der Waals surface area contributed by atoms with Crippen molar-refractivity contribution in [2.45, 2.75) is 0 Å². The predicted octanol–water partition coefficient (Wildman–Crippen LogP) is 1.19. The normalized spacial score (nSPS) is 9.44. The number of methoxy groups -OCH3 is 1. The van der Waals surface area contributed by atoms with Crippen LogP contribution in [0.15, 0.2) is 24.3 Å². The Morgan fingerprint density at radius 3 is 2.69 bits per heavy atom. The quantitative estimate of drug-likeness (QED) is 0.325. The van der Waals surface area contributed by atoms with Crippen LogP contribution in [0.25, 0.3) is 0 Å². The Morgan fingerprint density at radius 2 is 2.06 bits per heavy atom. The lowest BCUT2D eigenvalue weighted by Crippen LogP contribution is -2.12. The largest absolute Gasteiger partial charge is 0.496 e. The van der Waals surface area contributed by atoms with Crippen molar-refractivity contribution in [3.8, 4) is 5.75 Å². The zero-order chi connectivity index (χ0) is 12.0. The van der Waals surface area contributed by atoms with Crippen LogP contribution in [0.2, 0.25) is 0 Å². The number of para-hydroxylation sites is 1. The average molecular weight is 222 g/mol. The van der Waals surface area contributed by atoms with E-state index in [0.717, 1.165) is 0 Å². The van der Waals surface area contributed by atoms with Crippen molar-refractivity contribution in [1.82, 2.24) is 0 Å². The van der Waals surface area contributed by atoms with Crippen LogP contribution in [-0.4, -0.2) is 44.6 Å². The molecule has 0 aliphatic carbocycles. The maximum atomic E-state index is 11.8. The van der Waals surface area contributed by atoms with Crippen LogP contribution in [0.5, 0.6) is 5.75 Å². The number of carbonyl (C=O) groups excluding carboxylic acids is 1. The summed E-state index contributed by atoms with van der Waals surface area (Å²) in [5.41, 5.74) is 0.539. The lowest BCUT2D eigenvalue weighted by Gasteiger charge is -2.05. The molecule has 0 saturated carbocycles. The van der Waals surface area contributed by atoms with Gasteiger partial charge < -0.3 is 9.47 Å². The Labute approximate surface area is 95.1 Å². The van der Waals surface area contributed by atoms with Crippen LogP contribution >= 0.6 is 0 Å². The minimum absolute atomic E-state index is 0.0125. The summed E-state index contributed by atoms with van der Waals surface area (Å²) in [7, 11) is 5.19. The molecule has 0 aliphatic heterocycles. The molecule has 0 radical (unpaired) electrons. The summed E-state index contributed by atoms with van der Waals surface area (Å²) in [6, 6.07) is 7.09. The van der Waals surface area contributed by atoms with Crippen LogP contribution < -0.4 is 4.74 Å². The van der Waals surface area contributed by atoms with Crippen LogP contribution in [0, 0.1) is 0 Å². The summed E-state index contributed by atoms with van der Waals surface area (Å²) in [6.45, 7) is 0.0125. The summed E-state index contributed by atoms with van der Waals surface area (Å²) in [4.78, 5) is 11.8. The number of nitrogens with zero attached hydrogens (tertiary/aromatic N) is 1. The van der Waals surface area contributed by atoms with Gasteiger partial charge in [-0.3, -0.25) is 4.79 Å². The van der Waals surface area contributed by atoms with Crippen LogP contribution in [-0.2, 0) is 4.74 Å². The topological polar surface area (TPSA) is 38.5 Å². The molecule has 0 bridgehead atoms. The van der Waals surface area contributed by atoms with Gasteiger partial charge in [-0.25, -0.2) is 4.58 Å². The molecule has 0 fully saturated rings. The number of carbonyl (C=O) groups is 1. The first kappa shape index (κ1) is 12.2. The van der Waals surface area contributed by atoms with Crippen molar-refractivity contribution in [2.75, 3.05) is 27.8 Å². The summed E-state index contributed by atoms with van der Waals surface area (Å²) in [6.07, 6.45) is 1.49. The Bertz CT molecular complexity index is 395. The fourth-order valence-corrected chi connectivity index (χ4v) is 1.21. The van der Waals surface area contributed by atoms with E-state index < -0.39 is 0 Å². The first-order chi connectivity index (χ1) is 7.65. The molecule has 0 spiro atoms. The molecular formula is C12H16NO3+. The van der Waals surface area contributed by atoms with Gasteiger partial charge in [-0.2, -0.15) is 0 Å².